The van der Waals surface area contributed by atoms with Crippen molar-refractivity contribution in [3.05, 3.63) is 89.4 Å². The Hall–Kier alpha value is -3.35. The molecule has 0 aliphatic carbocycles. The molecule has 6 nitrogen and oxygen atoms in total. The summed E-state index contributed by atoms with van der Waals surface area (Å²) in [6.45, 7) is 0. The fraction of sp³-hybridized carbons (Fsp3) is 0.130. The van der Waals surface area contributed by atoms with Gasteiger partial charge in [0.25, 0.3) is 5.91 Å². The van der Waals surface area contributed by atoms with Gasteiger partial charge in [0.15, 0.2) is 6.10 Å². The molecular formula is C23H17ClN2O4. The Labute approximate surface area is 177 Å². The molecule has 7 heteroatoms. The molecule has 0 bridgehead atoms. The number of para-hydroxylation sites is 3. The van der Waals surface area contributed by atoms with Crippen molar-refractivity contribution >= 4 is 34.8 Å². The number of fused-ring (bicyclic) bond motifs is 1. The van der Waals surface area contributed by atoms with Crippen LogP contribution >= 0.6 is 11.6 Å². The third-order valence-electron chi connectivity index (χ3n) is 5.47. The van der Waals surface area contributed by atoms with Crippen molar-refractivity contribution in [3.8, 4) is 5.75 Å². The van der Waals surface area contributed by atoms with Gasteiger partial charge in [-0.15, -0.1) is 0 Å². The Morgan fingerprint density at radius 1 is 0.833 bits per heavy atom. The molecule has 5 rings (SSSR count). The van der Waals surface area contributed by atoms with Crippen molar-refractivity contribution in [2.24, 2.45) is 5.92 Å². The lowest BCUT2D eigenvalue weighted by atomic mass is 9.90. The van der Waals surface area contributed by atoms with E-state index in [4.69, 9.17) is 16.4 Å². The van der Waals surface area contributed by atoms with E-state index in [1.54, 1.807) is 53.6 Å². The number of hydrogen-bond acceptors (Lipinski definition) is 5. The predicted molar refractivity (Wildman–Crippen MR) is 112 cm³/mol. The summed E-state index contributed by atoms with van der Waals surface area (Å²) in [4.78, 5) is 33.8. The monoisotopic (exact) mass is 420 g/mol. The van der Waals surface area contributed by atoms with Crippen molar-refractivity contribution in [2.45, 2.75) is 12.1 Å². The van der Waals surface area contributed by atoms with E-state index in [2.05, 4.69) is 0 Å². The van der Waals surface area contributed by atoms with Crippen LogP contribution in [0.4, 0.5) is 11.4 Å². The number of rotatable bonds is 3. The molecule has 2 aliphatic rings. The minimum atomic E-state index is -1.02. The van der Waals surface area contributed by atoms with Gasteiger partial charge in [-0.25, -0.2) is 9.96 Å². The van der Waals surface area contributed by atoms with Crippen LogP contribution in [0, 0.1) is 5.92 Å². The molecule has 3 unspecified atom stereocenters. The molecule has 150 valence electrons. The second-order valence-electron chi connectivity index (χ2n) is 7.18. The summed E-state index contributed by atoms with van der Waals surface area (Å²) in [5.74, 6) is -1.69. The summed E-state index contributed by atoms with van der Waals surface area (Å²) in [7, 11) is 0. The summed E-state index contributed by atoms with van der Waals surface area (Å²) >= 11 is 6.26. The highest BCUT2D eigenvalue weighted by molar-refractivity contribution is 6.36. The molecule has 2 amide bonds. The SMILES string of the molecule is O=C1C2ON(c3ccccc3)C(c3ccccc3O)C2C(=O)N1c1ccccc1Cl. The van der Waals surface area contributed by atoms with Crippen LogP contribution in [0.15, 0.2) is 78.9 Å². The fourth-order valence-electron chi connectivity index (χ4n) is 4.14. The van der Waals surface area contributed by atoms with Crippen LogP contribution < -0.4 is 9.96 Å². The van der Waals surface area contributed by atoms with Crippen LogP contribution in [0.1, 0.15) is 11.6 Å². The first-order chi connectivity index (χ1) is 14.6. The topological polar surface area (TPSA) is 70.1 Å². The summed E-state index contributed by atoms with van der Waals surface area (Å²) in [5, 5.41) is 12.4. The number of halogens is 1. The third-order valence-corrected chi connectivity index (χ3v) is 5.79. The zero-order valence-electron chi connectivity index (χ0n) is 15.7. The quantitative estimate of drug-likeness (QED) is 0.646. The molecule has 0 saturated carbocycles. The minimum Gasteiger partial charge on any atom is -0.508 e. The number of hydroxylamine groups is 1. The Balaban J connectivity index is 1.62. The summed E-state index contributed by atoms with van der Waals surface area (Å²) in [5.41, 5.74) is 1.52. The maximum Gasteiger partial charge on any atom is 0.266 e. The lowest BCUT2D eigenvalue weighted by Crippen LogP contribution is -2.37. The smallest absolute Gasteiger partial charge is 0.266 e. The van der Waals surface area contributed by atoms with Crippen LogP contribution in [-0.2, 0) is 14.4 Å². The van der Waals surface area contributed by atoms with Gasteiger partial charge in [0, 0.05) is 5.56 Å². The molecule has 2 heterocycles. The average molecular weight is 421 g/mol. The number of phenols is 1. The lowest BCUT2D eigenvalue weighted by molar-refractivity contribution is -0.126. The van der Waals surface area contributed by atoms with Gasteiger partial charge in [-0.05, 0) is 30.3 Å². The first-order valence-corrected chi connectivity index (χ1v) is 9.87. The lowest BCUT2D eigenvalue weighted by Gasteiger charge is -2.29. The molecular weight excluding hydrogens is 404 g/mol. The Morgan fingerprint density at radius 3 is 2.23 bits per heavy atom. The van der Waals surface area contributed by atoms with Gasteiger partial charge in [0.2, 0.25) is 5.91 Å². The fourth-order valence-corrected chi connectivity index (χ4v) is 4.36. The van der Waals surface area contributed by atoms with E-state index in [-0.39, 0.29) is 5.75 Å². The second-order valence-corrected chi connectivity index (χ2v) is 7.59. The molecule has 0 aromatic heterocycles. The van der Waals surface area contributed by atoms with E-state index in [0.29, 0.717) is 22.0 Å². The van der Waals surface area contributed by atoms with Gasteiger partial charge in [0.1, 0.15) is 11.7 Å². The van der Waals surface area contributed by atoms with Gasteiger partial charge in [-0.2, -0.15) is 0 Å². The summed E-state index contributed by atoms with van der Waals surface area (Å²) < 4.78 is 0. The van der Waals surface area contributed by atoms with Crippen molar-refractivity contribution < 1.29 is 19.5 Å². The van der Waals surface area contributed by atoms with Crippen molar-refractivity contribution in [3.63, 3.8) is 0 Å². The number of aromatic hydroxyl groups is 1. The molecule has 1 N–H and O–H groups in total. The number of carbonyl (C=O) groups is 2. The molecule has 2 fully saturated rings. The maximum atomic E-state index is 13.5. The predicted octanol–water partition coefficient (Wildman–Crippen LogP) is 4.10. The first-order valence-electron chi connectivity index (χ1n) is 9.49. The normalized spacial score (nSPS) is 23.2. The zero-order chi connectivity index (χ0) is 20.8. The summed E-state index contributed by atoms with van der Waals surface area (Å²) in [6, 6.07) is 22.0. The van der Waals surface area contributed by atoms with Crippen LogP contribution in [0.2, 0.25) is 5.02 Å². The molecule has 2 saturated heterocycles. The van der Waals surface area contributed by atoms with Crippen LogP contribution in [0.5, 0.6) is 5.75 Å². The number of nitrogens with zero attached hydrogens (tertiary/aromatic N) is 2. The Morgan fingerprint density at radius 2 is 1.50 bits per heavy atom. The number of anilines is 2. The van der Waals surface area contributed by atoms with E-state index in [9.17, 15) is 14.7 Å². The molecule has 3 aromatic carbocycles. The highest BCUT2D eigenvalue weighted by atomic mass is 35.5. The van der Waals surface area contributed by atoms with Crippen molar-refractivity contribution in [2.75, 3.05) is 9.96 Å². The van der Waals surface area contributed by atoms with Crippen LogP contribution in [0.3, 0.4) is 0 Å². The number of amides is 2. The van der Waals surface area contributed by atoms with E-state index in [1.807, 2.05) is 30.3 Å². The highest BCUT2D eigenvalue weighted by Crippen LogP contribution is 2.49. The first kappa shape index (κ1) is 18.7. The number of benzene rings is 3. The van der Waals surface area contributed by atoms with Crippen molar-refractivity contribution in [1.29, 1.82) is 0 Å². The molecule has 0 radical (unpaired) electrons. The van der Waals surface area contributed by atoms with Gasteiger partial charge in [-0.1, -0.05) is 60.1 Å². The number of hydrogen-bond donors (Lipinski definition) is 1. The molecule has 2 aliphatic heterocycles. The van der Waals surface area contributed by atoms with E-state index < -0.39 is 29.9 Å². The Bertz CT molecular complexity index is 1140. The molecule has 3 atom stereocenters. The van der Waals surface area contributed by atoms with Gasteiger partial charge in [-0.3, -0.25) is 14.4 Å². The van der Waals surface area contributed by atoms with E-state index >= 15 is 0 Å². The standard InChI is InChI=1S/C23H17ClN2O4/c24-16-11-5-6-12-17(16)25-22(28)19-20(15-10-4-7-13-18(15)27)26(30-21(19)23(25)29)14-8-2-1-3-9-14/h1-13,19-21,27H. The van der Waals surface area contributed by atoms with Crippen molar-refractivity contribution in [1.82, 2.24) is 0 Å². The number of imide groups is 1. The number of carbonyl (C=O) groups excluding carboxylic acids is 2. The summed E-state index contributed by atoms with van der Waals surface area (Å²) in [6.07, 6.45) is -1.02. The largest absolute Gasteiger partial charge is 0.508 e. The van der Waals surface area contributed by atoms with Gasteiger partial charge >= 0.3 is 0 Å². The van der Waals surface area contributed by atoms with Gasteiger partial charge < -0.3 is 5.11 Å². The highest BCUT2D eigenvalue weighted by Gasteiger charge is 2.60. The second kappa shape index (κ2) is 7.16. The zero-order valence-corrected chi connectivity index (χ0v) is 16.4. The van der Waals surface area contributed by atoms with E-state index in [0.717, 1.165) is 4.90 Å². The van der Waals surface area contributed by atoms with Crippen LogP contribution in [-0.4, -0.2) is 23.0 Å². The van der Waals surface area contributed by atoms with E-state index in [1.165, 1.54) is 0 Å². The molecule has 30 heavy (non-hydrogen) atoms. The Kier molecular flexibility index (Phi) is 4.46. The minimum absolute atomic E-state index is 0.0316. The molecule has 3 aromatic rings. The van der Waals surface area contributed by atoms with Crippen LogP contribution in [0.25, 0.3) is 0 Å². The number of phenolic OH excluding ortho intramolecular Hbond substituents is 1. The third kappa shape index (κ3) is 2.76. The molecule has 0 spiro atoms. The maximum absolute atomic E-state index is 13.5. The van der Waals surface area contributed by atoms with Gasteiger partial charge in [0.05, 0.1) is 22.4 Å². The average Bonchev–Trinajstić information content (AvgIpc) is 3.26.